The van der Waals surface area contributed by atoms with Crippen LogP contribution in [0.1, 0.15) is 23.2 Å². The first-order valence-corrected chi connectivity index (χ1v) is 7.49. The molecule has 1 heterocycles. The third-order valence-corrected chi connectivity index (χ3v) is 4.26. The van der Waals surface area contributed by atoms with Crippen molar-refractivity contribution >= 4 is 52.5 Å². The Hall–Kier alpha value is -0.0400. The van der Waals surface area contributed by atoms with E-state index in [9.17, 15) is 4.79 Å². The maximum Gasteiger partial charge on any atom is 0.255 e. The van der Waals surface area contributed by atoms with Gasteiger partial charge in [-0.15, -0.1) is 12.4 Å². The van der Waals surface area contributed by atoms with Crippen LogP contribution < -0.4 is 5.32 Å². The van der Waals surface area contributed by atoms with E-state index in [0.717, 1.165) is 29.5 Å². The van der Waals surface area contributed by atoms with E-state index in [1.54, 1.807) is 0 Å². The predicted octanol–water partition coefficient (Wildman–Crippen LogP) is 3.19. The Morgan fingerprint density at radius 2 is 2.26 bits per heavy atom. The summed E-state index contributed by atoms with van der Waals surface area (Å²) in [5.41, 5.74) is 0.605. The van der Waals surface area contributed by atoms with Gasteiger partial charge in [0.1, 0.15) is 0 Å². The maximum atomic E-state index is 12.4. The molecule has 1 aromatic rings. The number of nitrogens with zero attached hydrogens (tertiary/aromatic N) is 1. The van der Waals surface area contributed by atoms with Crippen molar-refractivity contribution in [3.8, 4) is 0 Å². The topological polar surface area (TPSA) is 32.3 Å². The van der Waals surface area contributed by atoms with E-state index >= 15 is 0 Å². The number of halogens is 3. The average molecular weight is 415 g/mol. The number of benzene rings is 1. The lowest BCUT2D eigenvalue weighted by atomic mass is 10.0. The minimum absolute atomic E-state index is 0. The molecule has 1 amide bonds. The van der Waals surface area contributed by atoms with Crippen molar-refractivity contribution < 1.29 is 4.79 Å². The number of carbonyl (C=O) groups is 1. The molecule has 1 aromatic carbocycles. The zero-order valence-corrected chi connectivity index (χ0v) is 14.4. The van der Waals surface area contributed by atoms with Gasteiger partial charge in [-0.05, 0) is 60.7 Å². The first-order valence-electron chi connectivity index (χ1n) is 6.03. The second-order valence-corrected chi connectivity index (χ2v) is 6.16. The molecule has 1 unspecified atom stereocenters. The summed E-state index contributed by atoms with van der Waals surface area (Å²) in [6, 6.07) is 5.95. The molecule has 1 N–H and O–H groups in total. The van der Waals surface area contributed by atoms with Gasteiger partial charge in [0.25, 0.3) is 5.91 Å². The van der Waals surface area contributed by atoms with Crippen molar-refractivity contribution in [2.24, 2.45) is 0 Å². The summed E-state index contributed by atoms with van der Waals surface area (Å²) >= 11 is 8.34. The fraction of sp³-hybridized carbons (Fsp3) is 0.462. The van der Waals surface area contributed by atoms with Crippen LogP contribution >= 0.6 is 46.6 Å². The van der Waals surface area contributed by atoms with Crippen LogP contribution in [-0.2, 0) is 0 Å². The van der Waals surface area contributed by atoms with Gasteiger partial charge in [-0.2, -0.15) is 0 Å². The van der Waals surface area contributed by atoms with E-state index in [2.05, 4.69) is 27.9 Å². The zero-order valence-electron chi connectivity index (χ0n) is 10.7. The minimum Gasteiger partial charge on any atom is -0.337 e. The molecule has 2 rings (SSSR count). The van der Waals surface area contributed by atoms with Gasteiger partial charge in [0.15, 0.2) is 0 Å². The van der Waals surface area contributed by atoms with Crippen LogP contribution in [0.15, 0.2) is 18.2 Å². The Balaban J connectivity index is 0.00000180. The van der Waals surface area contributed by atoms with Crippen LogP contribution in [0.3, 0.4) is 0 Å². The Kier molecular flexibility index (Phi) is 6.86. The van der Waals surface area contributed by atoms with Crippen molar-refractivity contribution in [2.75, 3.05) is 20.1 Å². The fourth-order valence-electron chi connectivity index (χ4n) is 2.23. The van der Waals surface area contributed by atoms with Gasteiger partial charge in [-0.1, -0.05) is 11.6 Å². The Labute approximate surface area is 138 Å². The zero-order chi connectivity index (χ0) is 13.1. The quantitative estimate of drug-likeness (QED) is 0.753. The molecule has 1 atom stereocenters. The highest BCUT2D eigenvalue weighted by molar-refractivity contribution is 14.1. The molecule has 0 saturated carbocycles. The van der Waals surface area contributed by atoms with Crippen LogP contribution in [-0.4, -0.2) is 37.0 Å². The van der Waals surface area contributed by atoms with Crippen LogP contribution in [0.25, 0.3) is 0 Å². The number of hydrogen-bond acceptors (Lipinski definition) is 2. The predicted molar refractivity (Wildman–Crippen MR) is 89.4 cm³/mol. The van der Waals surface area contributed by atoms with Gasteiger partial charge in [0, 0.05) is 22.7 Å². The third kappa shape index (κ3) is 4.21. The monoisotopic (exact) mass is 414 g/mol. The highest BCUT2D eigenvalue weighted by Crippen LogP contribution is 2.22. The first kappa shape index (κ1) is 17.0. The number of piperidine rings is 1. The molecule has 1 saturated heterocycles. The summed E-state index contributed by atoms with van der Waals surface area (Å²) in [7, 11) is 1.94. The average Bonchev–Trinajstić information content (AvgIpc) is 2.38. The van der Waals surface area contributed by atoms with E-state index in [1.807, 2.05) is 30.1 Å². The van der Waals surface area contributed by atoms with E-state index in [1.165, 1.54) is 0 Å². The van der Waals surface area contributed by atoms with Gasteiger partial charge in [-0.3, -0.25) is 4.79 Å². The second-order valence-electron chi connectivity index (χ2n) is 4.50. The molecule has 1 aliphatic heterocycles. The number of carbonyl (C=O) groups excluding carboxylic acids is 1. The first-order chi connectivity index (χ1) is 8.61. The molecular weight excluding hydrogens is 398 g/mol. The minimum atomic E-state index is 0. The Bertz CT molecular complexity index is 456. The highest BCUT2D eigenvalue weighted by atomic mass is 127. The Morgan fingerprint density at radius 3 is 2.89 bits per heavy atom. The largest absolute Gasteiger partial charge is 0.337 e. The van der Waals surface area contributed by atoms with Crippen LogP contribution in [0.2, 0.25) is 5.02 Å². The third-order valence-electron chi connectivity index (χ3n) is 3.28. The number of rotatable bonds is 2. The number of amides is 1. The molecule has 0 aliphatic carbocycles. The van der Waals surface area contributed by atoms with Crippen molar-refractivity contribution in [2.45, 2.75) is 18.9 Å². The van der Waals surface area contributed by atoms with Crippen molar-refractivity contribution in [3.05, 3.63) is 32.4 Å². The highest BCUT2D eigenvalue weighted by Gasteiger charge is 2.24. The molecule has 0 radical (unpaired) electrons. The van der Waals surface area contributed by atoms with Gasteiger partial charge in [-0.25, -0.2) is 0 Å². The fourth-order valence-corrected chi connectivity index (χ4v) is 3.17. The molecule has 1 aliphatic rings. The summed E-state index contributed by atoms with van der Waals surface area (Å²) in [5.74, 6) is 0.0383. The van der Waals surface area contributed by atoms with Gasteiger partial charge < -0.3 is 10.2 Å². The van der Waals surface area contributed by atoms with Gasteiger partial charge >= 0.3 is 0 Å². The number of nitrogens with one attached hydrogen (secondary N) is 1. The number of hydrogen-bond donors (Lipinski definition) is 1. The van der Waals surface area contributed by atoms with Gasteiger partial charge in [0.05, 0.1) is 10.6 Å². The van der Waals surface area contributed by atoms with Crippen LogP contribution in [0, 0.1) is 3.57 Å². The summed E-state index contributed by atoms with van der Waals surface area (Å²) in [6.07, 6.45) is 2.17. The molecule has 106 valence electrons. The molecule has 0 bridgehead atoms. The van der Waals surface area contributed by atoms with E-state index in [4.69, 9.17) is 11.6 Å². The van der Waals surface area contributed by atoms with Crippen molar-refractivity contribution in [1.29, 1.82) is 0 Å². The molecule has 3 nitrogen and oxygen atoms in total. The lowest BCUT2D eigenvalue weighted by molar-refractivity contribution is 0.0698. The molecule has 6 heteroatoms. The molecule has 0 aromatic heterocycles. The summed E-state index contributed by atoms with van der Waals surface area (Å²) in [4.78, 5) is 14.3. The molecule has 19 heavy (non-hydrogen) atoms. The standard InChI is InChI=1S/C13H16ClIN2O.ClH/c1-16-10-3-2-6-17(8-10)13(18)11-5-4-9(15)7-12(11)14;/h4-5,7,10,16H,2-3,6,8H2,1H3;1H. The van der Waals surface area contributed by atoms with Crippen LogP contribution in [0.4, 0.5) is 0 Å². The lowest BCUT2D eigenvalue weighted by Crippen LogP contribution is -2.47. The maximum absolute atomic E-state index is 12.4. The van der Waals surface area contributed by atoms with Crippen LogP contribution in [0.5, 0.6) is 0 Å². The summed E-state index contributed by atoms with van der Waals surface area (Å²) in [6.45, 7) is 1.58. The normalized spacial score (nSPS) is 18.9. The van der Waals surface area contributed by atoms with E-state index in [0.29, 0.717) is 16.6 Å². The molecule has 0 spiro atoms. The molecule has 1 fully saturated rings. The lowest BCUT2D eigenvalue weighted by Gasteiger charge is -2.32. The SMILES string of the molecule is CNC1CCCN(C(=O)c2ccc(I)cc2Cl)C1.Cl. The summed E-state index contributed by atoms with van der Waals surface area (Å²) < 4.78 is 1.04. The van der Waals surface area contributed by atoms with Gasteiger partial charge in [0.2, 0.25) is 0 Å². The van der Waals surface area contributed by atoms with Crippen molar-refractivity contribution in [1.82, 2.24) is 10.2 Å². The van der Waals surface area contributed by atoms with E-state index < -0.39 is 0 Å². The van der Waals surface area contributed by atoms with Crippen molar-refractivity contribution in [3.63, 3.8) is 0 Å². The van der Waals surface area contributed by atoms with E-state index in [-0.39, 0.29) is 18.3 Å². The smallest absolute Gasteiger partial charge is 0.255 e. The number of likely N-dealkylation sites (N-methyl/N-ethyl adjacent to an activating group) is 1. The molecular formula is C13H17Cl2IN2O. The Morgan fingerprint density at radius 1 is 1.53 bits per heavy atom. The second kappa shape index (κ2) is 7.67. The summed E-state index contributed by atoms with van der Waals surface area (Å²) in [5, 5.41) is 3.78. The number of likely N-dealkylation sites (tertiary alicyclic amines) is 1.